The van der Waals surface area contributed by atoms with Crippen LogP contribution in [0.2, 0.25) is 0 Å². The highest BCUT2D eigenvalue weighted by Crippen LogP contribution is 2.38. The van der Waals surface area contributed by atoms with Crippen LogP contribution in [0.4, 0.5) is 0 Å². The van der Waals surface area contributed by atoms with E-state index in [4.69, 9.17) is 0 Å². The zero-order chi connectivity index (χ0) is 85.2. The van der Waals surface area contributed by atoms with Gasteiger partial charge in [-0.2, -0.15) is 0 Å². The molecule has 0 bridgehead atoms. The molecule has 16 rings (SSSR count). The van der Waals surface area contributed by atoms with Crippen molar-refractivity contribution in [1.82, 2.24) is 0 Å². The molecule has 118 heavy (non-hydrogen) atoms. The third kappa shape index (κ3) is 20.2. The molecule has 1 fully saturated rings. The molecule has 1 aliphatic carbocycles. The Hall–Kier alpha value is -10.8. The van der Waals surface area contributed by atoms with Crippen LogP contribution < -0.4 is 22.8 Å². The SMILES string of the molecule is Cc1cc(C)c(C)c(-c2cc3cc(C(C)C)ccc3c[n+]2C)c1.Cc1cc(C)c(C)c(-c2cc3cc(C)ccc3c[n+]2C)c1.Cc1cc(C)c(C)c(-c2cc3cc(C4CCCC4)ccc3c[n+]2C)c1.Cc1cc(C)c(C)c(-c2cc3cc(CC(C)(C)C)ccc3c[n+]2C)c1.Cc1cc(C)c(C)c(-c2cc3cc(CC(C)C)ccc3c[n+]2C)c1. The zero-order valence-corrected chi connectivity index (χ0v) is 76.9. The first-order valence-electron chi connectivity index (χ1n) is 43.4. The van der Waals surface area contributed by atoms with Crippen LogP contribution in [0.15, 0.2) is 213 Å². The van der Waals surface area contributed by atoms with E-state index in [0.717, 1.165) is 18.8 Å². The summed E-state index contributed by atoms with van der Waals surface area (Å²) in [5.41, 5.74) is 40.8. The Kier molecular flexibility index (Phi) is 26.6. The Balaban J connectivity index is 0.000000136. The molecule has 0 atom stereocenters. The van der Waals surface area contributed by atoms with E-state index in [9.17, 15) is 0 Å². The van der Waals surface area contributed by atoms with E-state index in [0.29, 0.717) is 17.3 Å². The molecule has 15 aromatic rings. The third-order valence-electron chi connectivity index (χ3n) is 25.1. The Bertz CT molecular complexity index is 6300. The minimum Gasteiger partial charge on any atom is -0.200 e. The minimum absolute atomic E-state index is 0.306. The third-order valence-corrected chi connectivity index (χ3v) is 25.1. The molecule has 606 valence electrons. The summed E-state index contributed by atoms with van der Waals surface area (Å²) in [5, 5.41) is 13.2. The fourth-order valence-electron chi connectivity index (χ4n) is 18.0. The topological polar surface area (TPSA) is 19.4 Å². The van der Waals surface area contributed by atoms with Crippen molar-refractivity contribution >= 4 is 53.9 Å². The smallest absolute Gasteiger partial charge is 0.200 e. The van der Waals surface area contributed by atoms with Crippen LogP contribution in [0.5, 0.6) is 0 Å². The van der Waals surface area contributed by atoms with Crippen LogP contribution in [-0.2, 0) is 48.1 Å². The number of pyridine rings is 5. The number of hydrogen-bond acceptors (Lipinski definition) is 0. The van der Waals surface area contributed by atoms with Crippen molar-refractivity contribution in [1.29, 1.82) is 0 Å². The van der Waals surface area contributed by atoms with Crippen molar-refractivity contribution in [2.45, 2.75) is 210 Å². The summed E-state index contributed by atoms with van der Waals surface area (Å²) in [5.74, 6) is 2.01. The van der Waals surface area contributed by atoms with Gasteiger partial charge in [-0.25, -0.2) is 22.8 Å². The summed E-state index contributed by atoms with van der Waals surface area (Å²) in [6, 6.07) is 68.9. The van der Waals surface area contributed by atoms with Gasteiger partial charge in [0.2, 0.25) is 28.5 Å². The molecule has 5 aromatic heterocycles. The second kappa shape index (κ2) is 36.2. The molecular formula is C113H134N5+5. The molecule has 5 heteroatoms. The lowest BCUT2D eigenvalue weighted by atomic mass is 9.87. The van der Waals surface area contributed by atoms with Crippen molar-refractivity contribution in [3.63, 3.8) is 0 Å². The molecule has 0 saturated heterocycles. The number of benzene rings is 10. The minimum atomic E-state index is 0.306. The van der Waals surface area contributed by atoms with Crippen molar-refractivity contribution in [2.24, 2.45) is 46.6 Å². The number of rotatable bonds is 10. The number of aryl methyl sites for hydroxylation is 16. The van der Waals surface area contributed by atoms with Gasteiger partial charge < -0.3 is 0 Å². The zero-order valence-electron chi connectivity index (χ0n) is 76.9. The van der Waals surface area contributed by atoms with Crippen molar-refractivity contribution in [3.05, 3.63) is 324 Å². The number of hydrogen-bond donors (Lipinski definition) is 0. The van der Waals surface area contributed by atoms with E-state index in [1.807, 2.05) is 0 Å². The maximum absolute atomic E-state index is 2.44. The molecule has 0 spiro atoms. The standard InChI is InChI=1S/C24H28N.C24H30N.C23H28N.C22H26N.C20H22N/c1-16-11-17(2)18(3)23(12-16)24-14-22-13-20(19-7-5-6-8-19)9-10-21(22)15-25(24)4;1-16-10-17(2)18(3)22(11-16)23-13-21-12-19(14-24(4,5)6)8-9-20(21)15-25(23)7;1-15(2)9-19-7-8-20-14-24(6)23(13-21(20)12-19)22-11-16(3)10-17(4)18(22)5;1-14(2)18-7-8-19-13-23(6)22(12-20(19)11-18)21-10-15(3)9-16(4)17(21)5;1-13-6-7-17-12-21(5)20(11-18(17)9-13)19-10-14(2)8-15(3)16(19)4/h9-15,19H,5-8H2,1-4H3;8-13,15H,14H2,1-7H3;7-8,10-15H,9H2,1-6H3;7-14H,1-6H3;6-12H,1-5H3/q5*+1. The van der Waals surface area contributed by atoms with Gasteiger partial charge in [-0.05, 0) is 325 Å². The average molecular weight is 1560 g/mol. The summed E-state index contributed by atoms with van der Waals surface area (Å²) < 4.78 is 11.3. The molecule has 1 aliphatic rings. The molecular weight excluding hydrogens is 1430 g/mol. The molecule has 10 aromatic carbocycles. The monoisotopic (exact) mass is 1560 g/mol. The van der Waals surface area contributed by atoms with Gasteiger partial charge in [0.1, 0.15) is 35.2 Å². The van der Waals surface area contributed by atoms with Crippen LogP contribution in [-0.4, -0.2) is 0 Å². The molecule has 0 amide bonds. The predicted molar refractivity (Wildman–Crippen MR) is 506 cm³/mol. The van der Waals surface area contributed by atoms with Gasteiger partial charge in [-0.15, -0.1) is 0 Å². The second-order valence-electron chi connectivity index (χ2n) is 37.4. The summed E-state index contributed by atoms with van der Waals surface area (Å²) in [4.78, 5) is 0. The molecule has 0 radical (unpaired) electrons. The van der Waals surface area contributed by atoms with E-state index in [-0.39, 0.29) is 0 Å². The molecule has 0 aliphatic heterocycles. The number of aromatic nitrogens is 5. The van der Waals surface area contributed by atoms with Gasteiger partial charge in [0.05, 0.1) is 0 Å². The first-order chi connectivity index (χ1) is 55.8. The Labute approximate surface area is 708 Å². The largest absolute Gasteiger partial charge is 0.213 e. The van der Waals surface area contributed by atoms with E-state index in [1.165, 1.54) is 247 Å². The fourth-order valence-corrected chi connectivity index (χ4v) is 18.0. The van der Waals surface area contributed by atoms with Gasteiger partial charge in [0, 0.05) is 85.1 Å². The summed E-state index contributed by atoms with van der Waals surface area (Å²) >= 11 is 0. The predicted octanol–water partition coefficient (Wildman–Crippen LogP) is 27.2. The lowest BCUT2D eigenvalue weighted by Gasteiger charge is -2.18. The van der Waals surface area contributed by atoms with E-state index >= 15 is 0 Å². The van der Waals surface area contributed by atoms with E-state index < -0.39 is 0 Å². The maximum Gasteiger partial charge on any atom is 0.213 e. The first kappa shape index (κ1) is 86.6. The number of nitrogens with zero attached hydrogens (tertiary/aromatic N) is 5. The van der Waals surface area contributed by atoms with E-state index in [1.54, 1.807) is 0 Å². The van der Waals surface area contributed by atoms with Gasteiger partial charge in [0.25, 0.3) is 0 Å². The Morgan fingerprint density at radius 2 is 0.576 bits per heavy atom. The normalized spacial score (nSPS) is 12.3. The maximum atomic E-state index is 2.44. The molecule has 5 heterocycles. The lowest BCUT2D eigenvalue weighted by Crippen LogP contribution is -2.30. The van der Waals surface area contributed by atoms with Gasteiger partial charge in [0.15, 0.2) is 31.0 Å². The van der Waals surface area contributed by atoms with Gasteiger partial charge in [-0.3, -0.25) is 0 Å². The van der Waals surface area contributed by atoms with Crippen molar-refractivity contribution in [3.8, 4) is 56.3 Å². The highest BCUT2D eigenvalue weighted by Gasteiger charge is 2.25. The van der Waals surface area contributed by atoms with Gasteiger partial charge in [-0.1, -0.05) is 186 Å². The Morgan fingerprint density at radius 1 is 0.288 bits per heavy atom. The van der Waals surface area contributed by atoms with Crippen LogP contribution in [0.3, 0.4) is 0 Å². The van der Waals surface area contributed by atoms with Crippen LogP contribution in [0.25, 0.3) is 110 Å². The van der Waals surface area contributed by atoms with Crippen LogP contribution >= 0.6 is 0 Å². The van der Waals surface area contributed by atoms with E-state index in [2.05, 4.69) is 430 Å². The quantitative estimate of drug-likeness (QED) is 0.122. The van der Waals surface area contributed by atoms with Crippen molar-refractivity contribution in [2.75, 3.05) is 0 Å². The summed E-state index contributed by atoms with van der Waals surface area (Å²) in [6.45, 7) is 51.1. The molecule has 1 saturated carbocycles. The summed E-state index contributed by atoms with van der Waals surface area (Å²) in [6.07, 6.45) is 19.0. The number of fused-ring (bicyclic) bond motifs is 5. The molecule has 0 unspecified atom stereocenters. The second-order valence-corrected chi connectivity index (χ2v) is 37.4. The van der Waals surface area contributed by atoms with Crippen LogP contribution in [0, 0.1) is 122 Å². The highest BCUT2D eigenvalue weighted by atomic mass is 14.9. The first-order valence-corrected chi connectivity index (χ1v) is 43.4. The molecule has 5 nitrogen and oxygen atoms in total. The lowest BCUT2D eigenvalue weighted by molar-refractivity contribution is -0.659. The average Bonchev–Trinajstić information content (AvgIpc) is 0.887. The van der Waals surface area contributed by atoms with Crippen molar-refractivity contribution < 1.29 is 22.8 Å². The van der Waals surface area contributed by atoms with Crippen LogP contribution in [0.1, 0.15) is 197 Å². The summed E-state index contributed by atoms with van der Waals surface area (Å²) in [7, 11) is 10.7. The highest BCUT2D eigenvalue weighted by molar-refractivity contribution is 5.89. The van der Waals surface area contributed by atoms with Gasteiger partial charge >= 0.3 is 0 Å². The molecule has 0 N–H and O–H groups in total. The Morgan fingerprint density at radius 3 is 0.907 bits per heavy atom. The fraction of sp³-hybridized carbons (Fsp3) is 0.336.